The lowest BCUT2D eigenvalue weighted by atomic mass is 9.93. The molecule has 0 aromatic rings. The summed E-state index contributed by atoms with van der Waals surface area (Å²) in [7, 11) is 0. The van der Waals surface area contributed by atoms with Gasteiger partial charge in [0.25, 0.3) is 0 Å². The van der Waals surface area contributed by atoms with E-state index in [-0.39, 0.29) is 17.7 Å². The van der Waals surface area contributed by atoms with Gasteiger partial charge in [0.15, 0.2) is 0 Å². The van der Waals surface area contributed by atoms with Crippen LogP contribution in [0.3, 0.4) is 0 Å². The highest BCUT2D eigenvalue weighted by Gasteiger charge is 2.49. The fourth-order valence-corrected chi connectivity index (χ4v) is 0.647. The lowest BCUT2D eigenvalue weighted by Crippen LogP contribution is -2.62. The maximum atomic E-state index is 10.2. The number of carboxylic acid groups (broad SMARTS) is 1. The van der Waals surface area contributed by atoms with Gasteiger partial charge in [0.05, 0.1) is 6.54 Å². The van der Waals surface area contributed by atoms with Crippen molar-refractivity contribution in [2.45, 2.75) is 5.60 Å². The second kappa shape index (κ2) is 2.71. The highest BCUT2D eigenvalue weighted by atomic mass is 16.4. The molecular weight excluding hydrogens is 154 g/mol. The average molecular weight is 161 g/mol. The summed E-state index contributed by atoms with van der Waals surface area (Å²) in [6.07, 6.45) is 0. The molecule has 1 aliphatic heterocycles. The van der Waals surface area contributed by atoms with Crippen molar-refractivity contribution in [3.05, 3.63) is 5.70 Å². The van der Waals surface area contributed by atoms with Gasteiger partial charge in [-0.15, -0.1) is 0 Å². The van der Waals surface area contributed by atoms with Gasteiger partial charge in [-0.2, -0.15) is 0 Å². The second-order valence-electron chi connectivity index (χ2n) is 2.00. The number of rotatable bonds is 1. The molecule has 0 bridgehead atoms. The molecule has 11 heavy (non-hydrogen) atoms. The number of hydrogen-bond acceptors (Lipinski definition) is 4. The van der Waals surface area contributed by atoms with Gasteiger partial charge in [0.2, 0.25) is 5.60 Å². The smallest absolute Gasteiger partial charge is 0.344 e. The van der Waals surface area contributed by atoms with Crippen LogP contribution in [-0.4, -0.2) is 39.7 Å². The Kier molecular flexibility index (Phi) is 2.38. The van der Waals surface area contributed by atoms with Crippen molar-refractivity contribution in [1.82, 2.24) is 5.32 Å². The number of carbonyl (C=O) groups excluding carboxylic acids is 1. The summed E-state index contributed by atoms with van der Waals surface area (Å²) in [4.78, 5) is 20.0. The Morgan fingerprint density at radius 2 is 2.27 bits per heavy atom. The van der Waals surface area contributed by atoms with E-state index in [4.69, 9.17) is 10.2 Å². The number of aliphatic carboxylic acids is 1. The number of β-amino-alcohol motifs (C(OH)–C–C–N with tert-alkyl or cyclic N) is 1. The van der Waals surface area contributed by atoms with Crippen LogP contribution in [0.2, 0.25) is 0 Å². The van der Waals surface area contributed by atoms with Crippen LogP contribution in [0.1, 0.15) is 0 Å². The van der Waals surface area contributed by atoms with Gasteiger partial charge in [-0.3, -0.25) is 0 Å². The van der Waals surface area contributed by atoms with Crippen LogP contribution in [0.5, 0.6) is 0 Å². The third-order valence-corrected chi connectivity index (χ3v) is 1.39. The minimum absolute atomic E-state index is 0. The Hall–Kier alpha value is -1.36. The predicted molar refractivity (Wildman–Crippen MR) is 33.4 cm³/mol. The Morgan fingerprint density at radius 1 is 1.73 bits per heavy atom. The molecule has 1 fully saturated rings. The van der Waals surface area contributed by atoms with Crippen molar-refractivity contribution in [2.75, 3.05) is 6.54 Å². The van der Waals surface area contributed by atoms with E-state index >= 15 is 0 Å². The lowest BCUT2D eigenvalue weighted by Gasteiger charge is -2.33. The van der Waals surface area contributed by atoms with Crippen molar-refractivity contribution in [3.8, 4) is 0 Å². The number of hydrogen-bond donors (Lipinski definition) is 3. The third kappa shape index (κ3) is 1.10. The highest BCUT2D eigenvalue weighted by Crippen LogP contribution is 2.20. The lowest BCUT2D eigenvalue weighted by molar-refractivity contribution is -0.158. The van der Waals surface area contributed by atoms with Crippen LogP contribution in [0, 0.1) is 0 Å². The largest absolute Gasteiger partial charge is 0.479 e. The molecule has 1 aliphatic rings. The van der Waals surface area contributed by atoms with Crippen LogP contribution in [0.4, 0.5) is 0 Å². The summed E-state index contributed by atoms with van der Waals surface area (Å²) in [5.41, 5.74) is -2.32. The van der Waals surface area contributed by atoms with E-state index in [1.165, 1.54) is 5.94 Å². The van der Waals surface area contributed by atoms with Crippen LogP contribution in [-0.2, 0) is 9.59 Å². The molecule has 1 saturated heterocycles. The van der Waals surface area contributed by atoms with Gasteiger partial charge >= 0.3 is 5.97 Å². The monoisotopic (exact) mass is 161 g/mol. The Labute approximate surface area is 61.4 Å². The fraction of sp³-hybridized carbons (Fsp3) is 0.400. The molecule has 62 valence electrons. The third-order valence-electron chi connectivity index (χ3n) is 1.39. The minimum atomic E-state index is -2.01. The van der Waals surface area contributed by atoms with Gasteiger partial charge in [-0.05, 0) is 0 Å². The zero-order valence-electron chi connectivity index (χ0n) is 5.42. The molecule has 6 nitrogen and oxygen atoms in total. The van der Waals surface area contributed by atoms with E-state index in [1.54, 1.807) is 0 Å². The summed E-state index contributed by atoms with van der Waals surface area (Å²) in [5, 5.41) is 19.6. The maximum absolute atomic E-state index is 10.2. The Bertz CT molecular complexity index is 231. The van der Waals surface area contributed by atoms with Crippen molar-refractivity contribution in [1.29, 1.82) is 0 Å². The van der Waals surface area contributed by atoms with Gasteiger partial charge in [-0.1, -0.05) is 0 Å². The normalized spacial score (nSPS) is 27.2. The van der Waals surface area contributed by atoms with E-state index < -0.39 is 11.6 Å². The topological polar surface area (TPSA) is 118 Å². The molecule has 0 aromatic carbocycles. The summed E-state index contributed by atoms with van der Waals surface area (Å²) >= 11 is 0. The van der Waals surface area contributed by atoms with Crippen LogP contribution in [0.15, 0.2) is 5.70 Å². The molecule has 0 radical (unpaired) electrons. The van der Waals surface area contributed by atoms with Crippen LogP contribution >= 0.6 is 0 Å². The van der Waals surface area contributed by atoms with E-state index in [9.17, 15) is 9.59 Å². The van der Waals surface area contributed by atoms with Crippen molar-refractivity contribution in [2.24, 2.45) is 0 Å². The zero-order valence-corrected chi connectivity index (χ0v) is 5.42. The van der Waals surface area contributed by atoms with E-state index in [1.807, 2.05) is 0 Å². The minimum Gasteiger partial charge on any atom is -0.479 e. The Balaban J connectivity index is 0.000001000. The Morgan fingerprint density at radius 3 is 2.36 bits per heavy atom. The van der Waals surface area contributed by atoms with Gasteiger partial charge in [-0.25, -0.2) is 9.59 Å². The maximum Gasteiger partial charge on any atom is 0.344 e. The number of carbonyl (C=O) groups is 1. The first-order valence-corrected chi connectivity index (χ1v) is 2.56. The molecule has 5 N–H and O–H groups in total. The molecule has 1 atom stereocenters. The fourth-order valence-electron chi connectivity index (χ4n) is 0.647. The predicted octanol–water partition coefficient (Wildman–Crippen LogP) is -2.70. The molecular formula is C5H7NO5. The quantitative estimate of drug-likeness (QED) is 0.361. The van der Waals surface area contributed by atoms with Crippen molar-refractivity contribution >= 4 is 11.9 Å². The van der Waals surface area contributed by atoms with Gasteiger partial charge < -0.3 is 21.0 Å². The van der Waals surface area contributed by atoms with Crippen LogP contribution < -0.4 is 5.32 Å². The number of aliphatic hydroxyl groups is 1. The molecule has 1 heterocycles. The summed E-state index contributed by atoms with van der Waals surface area (Å²) in [6, 6.07) is 0. The number of carboxylic acids is 1. The molecule has 0 aliphatic carbocycles. The molecule has 0 amide bonds. The second-order valence-corrected chi connectivity index (χ2v) is 2.00. The van der Waals surface area contributed by atoms with Crippen molar-refractivity contribution < 1.29 is 25.3 Å². The summed E-state index contributed by atoms with van der Waals surface area (Å²) in [6.45, 7) is -0.132. The van der Waals surface area contributed by atoms with Crippen LogP contribution in [0.25, 0.3) is 0 Å². The van der Waals surface area contributed by atoms with Gasteiger partial charge in [0.1, 0.15) is 11.6 Å². The first-order chi connectivity index (χ1) is 4.61. The summed E-state index contributed by atoms with van der Waals surface area (Å²) < 4.78 is 0. The molecule has 0 saturated carbocycles. The van der Waals surface area contributed by atoms with E-state index in [2.05, 4.69) is 5.32 Å². The van der Waals surface area contributed by atoms with Gasteiger partial charge in [0, 0.05) is 0 Å². The molecule has 0 spiro atoms. The van der Waals surface area contributed by atoms with E-state index in [0.29, 0.717) is 0 Å². The van der Waals surface area contributed by atoms with E-state index in [0.717, 1.165) is 0 Å². The zero-order chi connectivity index (χ0) is 7.78. The number of nitrogens with one attached hydrogen (secondary N) is 1. The average Bonchev–Trinajstić information content (AvgIpc) is 1.85. The van der Waals surface area contributed by atoms with Crippen molar-refractivity contribution in [3.63, 3.8) is 0 Å². The SMILES string of the molecule is O.O=C=C1NCC1(O)C(=O)O. The first kappa shape index (κ1) is 9.64. The summed E-state index contributed by atoms with van der Waals surface area (Å²) in [5.74, 6) is -0.128. The standard InChI is InChI=1S/C5H5NO4.H2O/c7-1-3-5(10,2-6-3)4(8)9;/h6,10H,2H2,(H,8,9);1H2. The molecule has 1 unspecified atom stereocenters. The highest BCUT2D eigenvalue weighted by molar-refractivity contribution is 5.87. The first-order valence-electron chi connectivity index (χ1n) is 2.56. The molecule has 0 aromatic heterocycles. The molecule has 1 rings (SSSR count). The molecule has 6 heteroatoms.